The maximum atomic E-state index is 12.3. The van der Waals surface area contributed by atoms with Crippen LogP contribution in [0.2, 0.25) is 0 Å². The Hall–Kier alpha value is -1.78. The molecule has 1 aromatic rings. The molecule has 0 aliphatic carbocycles. The van der Waals surface area contributed by atoms with Crippen molar-refractivity contribution in [1.82, 2.24) is 4.90 Å². The number of rotatable bonds is 6. The van der Waals surface area contributed by atoms with E-state index in [2.05, 4.69) is 0 Å². The van der Waals surface area contributed by atoms with Gasteiger partial charge in [0.2, 0.25) is 0 Å². The molecule has 1 rings (SSSR count). The summed E-state index contributed by atoms with van der Waals surface area (Å²) in [6.45, 7) is 7.83. The second kappa shape index (κ2) is 6.41. The molecule has 0 fully saturated rings. The van der Waals surface area contributed by atoms with Crippen molar-refractivity contribution in [2.24, 2.45) is 5.92 Å². The molecule has 106 valence electrons. The van der Waals surface area contributed by atoms with Crippen LogP contribution in [-0.2, 0) is 11.2 Å². The van der Waals surface area contributed by atoms with Gasteiger partial charge in [0.1, 0.15) is 5.76 Å². The lowest BCUT2D eigenvalue weighted by Crippen LogP contribution is -2.36. The third-order valence-electron chi connectivity index (χ3n) is 3.10. The van der Waals surface area contributed by atoms with Crippen molar-refractivity contribution in [1.29, 1.82) is 0 Å². The van der Waals surface area contributed by atoms with Crippen LogP contribution in [0.5, 0.6) is 0 Å². The quantitative estimate of drug-likeness (QED) is 0.858. The van der Waals surface area contributed by atoms with Crippen LogP contribution >= 0.6 is 0 Å². The minimum atomic E-state index is -0.906. The normalized spacial score (nSPS) is 12.2. The molecule has 0 radical (unpaired) electrons. The topological polar surface area (TPSA) is 70.8 Å². The summed E-state index contributed by atoms with van der Waals surface area (Å²) in [5, 5.41) is 8.91. The lowest BCUT2D eigenvalue weighted by molar-refractivity contribution is -0.141. The van der Waals surface area contributed by atoms with Crippen molar-refractivity contribution in [2.75, 3.05) is 13.1 Å². The number of hydrogen-bond acceptors (Lipinski definition) is 3. The van der Waals surface area contributed by atoms with Crippen LogP contribution in [0.25, 0.3) is 0 Å². The maximum absolute atomic E-state index is 12.3. The van der Waals surface area contributed by atoms with Crippen molar-refractivity contribution in [3.8, 4) is 0 Å². The number of amides is 1. The van der Waals surface area contributed by atoms with Crippen LogP contribution in [0.15, 0.2) is 10.5 Å². The molecule has 1 amide bonds. The van der Waals surface area contributed by atoms with Gasteiger partial charge in [0.25, 0.3) is 5.91 Å². The smallest absolute Gasteiger partial charge is 0.308 e. The van der Waals surface area contributed by atoms with Crippen LogP contribution in [0.3, 0.4) is 0 Å². The molecule has 1 heterocycles. The number of carbonyl (C=O) groups is 2. The Labute approximate surface area is 113 Å². The largest absolute Gasteiger partial charge is 0.481 e. The van der Waals surface area contributed by atoms with Gasteiger partial charge in [0.05, 0.1) is 5.92 Å². The van der Waals surface area contributed by atoms with Crippen LogP contribution in [0, 0.1) is 12.8 Å². The summed E-state index contributed by atoms with van der Waals surface area (Å²) in [6, 6.07) is 1.85. The summed E-state index contributed by atoms with van der Waals surface area (Å²) in [5.41, 5.74) is 0.795. The molecule has 19 heavy (non-hydrogen) atoms. The number of aliphatic carboxylic acids is 1. The first-order valence-electron chi connectivity index (χ1n) is 6.52. The third kappa shape index (κ3) is 3.59. The molecule has 0 bridgehead atoms. The first kappa shape index (κ1) is 15.3. The van der Waals surface area contributed by atoms with Gasteiger partial charge in [-0.2, -0.15) is 0 Å². The Morgan fingerprint density at radius 3 is 2.47 bits per heavy atom. The fraction of sp³-hybridized carbons (Fsp3) is 0.571. The molecule has 5 heteroatoms. The molecule has 0 saturated heterocycles. The number of carboxylic acid groups (broad SMARTS) is 1. The molecule has 0 aromatic carbocycles. The highest BCUT2D eigenvalue weighted by Gasteiger charge is 2.24. The first-order valence-corrected chi connectivity index (χ1v) is 6.52. The zero-order chi connectivity index (χ0) is 14.6. The minimum Gasteiger partial charge on any atom is -0.481 e. The highest BCUT2D eigenvalue weighted by molar-refractivity contribution is 5.93. The Morgan fingerprint density at radius 1 is 1.42 bits per heavy atom. The van der Waals surface area contributed by atoms with Gasteiger partial charge >= 0.3 is 5.97 Å². The molecule has 5 nitrogen and oxygen atoms in total. The monoisotopic (exact) mass is 267 g/mol. The van der Waals surface area contributed by atoms with Crippen LogP contribution in [-0.4, -0.2) is 35.0 Å². The number of carboxylic acids is 1. The van der Waals surface area contributed by atoms with Crippen molar-refractivity contribution >= 4 is 11.9 Å². The predicted octanol–water partition coefficient (Wildman–Crippen LogP) is 2.33. The van der Waals surface area contributed by atoms with Crippen LogP contribution < -0.4 is 0 Å². The number of aryl methyl sites for hydroxylation is 2. The Balaban J connectivity index is 2.88. The number of hydrogen-bond donors (Lipinski definition) is 1. The zero-order valence-corrected chi connectivity index (χ0v) is 11.9. The summed E-state index contributed by atoms with van der Waals surface area (Å²) >= 11 is 0. The number of furan rings is 1. The van der Waals surface area contributed by atoms with E-state index in [0.717, 1.165) is 17.7 Å². The molecule has 0 aliphatic rings. The van der Waals surface area contributed by atoms with Crippen molar-refractivity contribution < 1.29 is 19.1 Å². The second-order valence-electron chi connectivity index (χ2n) is 4.66. The van der Waals surface area contributed by atoms with Crippen LogP contribution in [0.4, 0.5) is 0 Å². The summed E-state index contributed by atoms with van der Waals surface area (Å²) in [7, 11) is 0. The summed E-state index contributed by atoms with van der Waals surface area (Å²) < 4.78 is 5.51. The van der Waals surface area contributed by atoms with Gasteiger partial charge in [-0.05, 0) is 19.9 Å². The lowest BCUT2D eigenvalue weighted by Gasteiger charge is -2.22. The molecule has 0 spiro atoms. The Kier molecular flexibility index (Phi) is 5.15. The third-order valence-corrected chi connectivity index (χ3v) is 3.10. The van der Waals surface area contributed by atoms with Crippen molar-refractivity contribution in [3.05, 3.63) is 23.2 Å². The molecule has 1 aromatic heterocycles. The van der Waals surface area contributed by atoms with E-state index >= 15 is 0 Å². The van der Waals surface area contributed by atoms with Gasteiger partial charge < -0.3 is 14.4 Å². The van der Waals surface area contributed by atoms with Crippen molar-refractivity contribution in [2.45, 2.75) is 34.1 Å². The number of nitrogens with zero attached hydrogens (tertiary/aromatic N) is 1. The maximum Gasteiger partial charge on any atom is 0.308 e. The van der Waals surface area contributed by atoms with E-state index in [-0.39, 0.29) is 12.5 Å². The van der Waals surface area contributed by atoms with E-state index in [1.165, 1.54) is 4.90 Å². The molecule has 0 aliphatic heterocycles. The van der Waals surface area contributed by atoms with E-state index < -0.39 is 11.9 Å². The van der Waals surface area contributed by atoms with E-state index in [1.807, 2.05) is 26.8 Å². The van der Waals surface area contributed by atoms with Gasteiger partial charge in [-0.1, -0.05) is 13.8 Å². The molecular weight excluding hydrogens is 246 g/mol. The molecule has 0 saturated carbocycles. The van der Waals surface area contributed by atoms with Gasteiger partial charge in [0, 0.05) is 25.1 Å². The van der Waals surface area contributed by atoms with E-state index in [4.69, 9.17) is 9.52 Å². The average Bonchev–Trinajstić information content (AvgIpc) is 2.75. The van der Waals surface area contributed by atoms with E-state index in [1.54, 1.807) is 6.92 Å². The predicted molar refractivity (Wildman–Crippen MR) is 71.2 cm³/mol. The van der Waals surface area contributed by atoms with Gasteiger partial charge in [-0.3, -0.25) is 9.59 Å². The minimum absolute atomic E-state index is 0.187. The molecule has 1 atom stereocenters. The summed E-state index contributed by atoms with van der Waals surface area (Å²) in [4.78, 5) is 24.7. The highest BCUT2D eigenvalue weighted by Crippen LogP contribution is 2.18. The molecular formula is C14H21NO4. The fourth-order valence-electron chi connectivity index (χ4n) is 1.84. The van der Waals surface area contributed by atoms with Crippen LogP contribution in [0.1, 0.15) is 42.6 Å². The molecule has 1 N–H and O–H groups in total. The Bertz CT molecular complexity index is 464. The highest BCUT2D eigenvalue weighted by atomic mass is 16.4. The molecule has 0 unspecified atom stereocenters. The fourth-order valence-corrected chi connectivity index (χ4v) is 1.84. The average molecular weight is 267 g/mol. The number of carbonyl (C=O) groups excluding carboxylic acids is 1. The van der Waals surface area contributed by atoms with Gasteiger partial charge in [0.15, 0.2) is 5.76 Å². The van der Waals surface area contributed by atoms with E-state index in [9.17, 15) is 9.59 Å². The van der Waals surface area contributed by atoms with Gasteiger partial charge in [-0.25, -0.2) is 0 Å². The zero-order valence-electron chi connectivity index (χ0n) is 11.9. The van der Waals surface area contributed by atoms with E-state index in [0.29, 0.717) is 12.3 Å². The second-order valence-corrected chi connectivity index (χ2v) is 4.66. The van der Waals surface area contributed by atoms with Crippen molar-refractivity contribution in [3.63, 3.8) is 0 Å². The summed E-state index contributed by atoms with van der Waals surface area (Å²) in [6.07, 6.45) is 0.728. The first-order chi connectivity index (χ1) is 8.90. The lowest BCUT2D eigenvalue weighted by atomic mass is 10.1. The SMILES string of the molecule is CCc1cc(C)c(C(=O)N(CC)C[C@@H](C)C(=O)O)o1. The van der Waals surface area contributed by atoms with Gasteiger partial charge in [-0.15, -0.1) is 0 Å². The Morgan fingerprint density at radius 2 is 2.05 bits per heavy atom. The summed E-state index contributed by atoms with van der Waals surface area (Å²) in [5.74, 6) is -0.659. The standard InChI is InChI=1S/C14H21NO4/c1-5-11-7-9(3)12(19-11)13(16)15(6-2)8-10(4)14(17)18/h7,10H,5-6,8H2,1-4H3,(H,17,18)/t10-/m1/s1.